The molecule has 0 amide bonds. The van der Waals surface area contributed by atoms with Crippen LogP contribution in [0.1, 0.15) is 11.3 Å². The van der Waals surface area contributed by atoms with E-state index in [1.165, 1.54) is 28.9 Å². The standard InChI is InChI=1S/C13H10FN3S2/c1-8-7-19-13(16-8)17-15-6-10-3-2-9-4-5-18-12(9)11(10)14/h2-7H,1H3,(H,16,17). The highest BCUT2D eigenvalue weighted by Crippen LogP contribution is 2.25. The fourth-order valence-electron chi connectivity index (χ4n) is 1.67. The quantitative estimate of drug-likeness (QED) is 0.578. The van der Waals surface area contributed by atoms with Gasteiger partial charge in [-0.1, -0.05) is 6.07 Å². The van der Waals surface area contributed by atoms with E-state index >= 15 is 0 Å². The van der Waals surface area contributed by atoms with E-state index in [-0.39, 0.29) is 5.82 Å². The van der Waals surface area contributed by atoms with Crippen LogP contribution in [-0.2, 0) is 0 Å². The highest BCUT2D eigenvalue weighted by atomic mass is 32.1. The first-order valence-corrected chi connectivity index (χ1v) is 7.37. The van der Waals surface area contributed by atoms with Crippen molar-refractivity contribution in [3.8, 4) is 0 Å². The van der Waals surface area contributed by atoms with Gasteiger partial charge in [-0.2, -0.15) is 5.10 Å². The number of anilines is 1. The molecule has 0 atom stereocenters. The minimum Gasteiger partial charge on any atom is -0.253 e. The van der Waals surface area contributed by atoms with Crippen LogP contribution in [0.5, 0.6) is 0 Å². The number of thiophene rings is 1. The minimum absolute atomic E-state index is 0.228. The summed E-state index contributed by atoms with van der Waals surface area (Å²) in [5.41, 5.74) is 4.20. The monoisotopic (exact) mass is 291 g/mol. The number of thiazole rings is 1. The molecule has 96 valence electrons. The van der Waals surface area contributed by atoms with Gasteiger partial charge in [-0.3, -0.25) is 5.43 Å². The van der Waals surface area contributed by atoms with E-state index in [1.54, 1.807) is 6.07 Å². The van der Waals surface area contributed by atoms with Gasteiger partial charge < -0.3 is 0 Å². The van der Waals surface area contributed by atoms with Crippen LogP contribution in [0.25, 0.3) is 10.1 Å². The topological polar surface area (TPSA) is 37.3 Å². The molecule has 6 heteroatoms. The van der Waals surface area contributed by atoms with Crippen LogP contribution < -0.4 is 5.43 Å². The minimum atomic E-state index is -0.228. The maximum absolute atomic E-state index is 14.1. The van der Waals surface area contributed by atoms with Gasteiger partial charge in [0, 0.05) is 10.9 Å². The van der Waals surface area contributed by atoms with Crippen molar-refractivity contribution in [2.75, 3.05) is 5.43 Å². The molecule has 0 radical (unpaired) electrons. The van der Waals surface area contributed by atoms with Crippen molar-refractivity contribution < 1.29 is 4.39 Å². The number of nitrogens with zero attached hydrogens (tertiary/aromatic N) is 2. The molecule has 1 aromatic carbocycles. The van der Waals surface area contributed by atoms with E-state index in [0.29, 0.717) is 15.4 Å². The van der Waals surface area contributed by atoms with Gasteiger partial charge in [-0.15, -0.1) is 22.7 Å². The molecule has 3 nitrogen and oxygen atoms in total. The number of halogens is 1. The lowest BCUT2D eigenvalue weighted by Crippen LogP contribution is -1.93. The van der Waals surface area contributed by atoms with Crippen LogP contribution in [0.2, 0.25) is 0 Å². The third kappa shape index (κ3) is 2.50. The molecule has 3 rings (SSSR count). The number of hydrazone groups is 1. The summed E-state index contributed by atoms with van der Waals surface area (Å²) >= 11 is 2.86. The second-order valence-corrected chi connectivity index (χ2v) is 5.75. The maximum Gasteiger partial charge on any atom is 0.203 e. The van der Waals surface area contributed by atoms with Crippen molar-refractivity contribution in [1.29, 1.82) is 0 Å². The number of hydrogen-bond acceptors (Lipinski definition) is 5. The number of aryl methyl sites for hydroxylation is 1. The van der Waals surface area contributed by atoms with Crippen molar-refractivity contribution >= 4 is 44.1 Å². The average Bonchev–Trinajstić information content (AvgIpc) is 3.01. The van der Waals surface area contributed by atoms with E-state index in [1.807, 2.05) is 29.8 Å². The Balaban J connectivity index is 1.82. The van der Waals surface area contributed by atoms with Crippen molar-refractivity contribution in [3.63, 3.8) is 0 Å². The summed E-state index contributed by atoms with van der Waals surface area (Å²) in [5, 5.41) is 9.44. The molecular formula is C13H10FN3S2. The maximum atomic E-state index is 14.1. The Kier molecular flexibility index (Phi) is 3.27. The summed E-state index contributed by atoms with van der Waals surface area (Å²) in [4.78, 5) is 4.21. The smallest absolute Gasteiger partial charge is 0.203 e. The Hall–Kier alpha value is -1.79. The molecule has 3 aromatic rings. The lowest BCUT2D eigenvalue weighted by atomic mass is 10.2. The Morgan fingerprint density at radius 3 is 3.00 bits per heavy atom. The molecule has 0 saturated heterocycles. The lowest BCUT2D eigenvalue weighted by molar-refractivity contribution is 0.640. The van der Waals surface area contributed by atoms with Crippen molar-refractivity contribution in [2.45, 2.75) is 6.92 Å². The fraction of sp³-hybridized carbons (Fsp3) is 0.0769. The van der Waals surface area contributed by atoms with Crippen LogP contribution in [-0.4, -0.2) is 11.2 Å². The Bertz CT molecular complexity index is 745. The van der Waals surface area contributed by atoms with Crippen LogP contribution in [0, 0.1) is 12.7 Å². The van der Waals surface area contributed by atoms with E-state index in [2.05, 4.69) is 15.5 Å². The Labute approximate surface area is 117 Å². The number of benzene rings is 1. The molecule has 0 unspecified atom stereocenters. The summed E-state index contributed by atoms with van der Waals surface area (Å²) < 4.78 is 14.8. The molecular weight excluding hydrogens is 281 g/mol. The number of fused-ring (bicyclic) bond motifs is 1. The summed E-state index contributed by atoms with van der Waals surface area (Å²) in [5.74, 6) is -0.228. The van der Waals surface area contributed by atoms with Gasteiger partial charge in [-0.25, -0.2) is 9.37 Å². The number of nitrogens with one attached hydrogen (secondary N) is 1. The molecule has 2 heterocycles. The summed E-state index contributed by atoms with van der Waals surface area (Å²) in [6.45, 7) is 1.91. The van der Waals surface area contributed by atoms with Crippen LogP contribution in [0.3, 0.4) is 0 Å². The van der Waals surface area contributed by atoms with Gasteiger partial charge in [0.15, 0.2) is 0 Å². The Morgan fingerprint density at radius 2 is 2.21 bits per heavy atom. The molecule has 0 aliphatic heterocycles. The van der Waals surface area contributed by atoms with Crippen LogP contribution in [0.4, 0.5) is 9.52 Å². The molecule has 19 heavy (non-hydrogen) atoms. The first-order chi connectivity index (χ1) is 9.24. The molecule has 0 aliphatic carbocycles. The normalized spacial score (nSPS) is 11.5. The highest BCUT2D eigenvalue weighted by molar-refractivity contribution is 7.17. The zero-order valence-electron chi connectivity index (χ0n) is 10.1. The predicted octanol–water partition coefficient (Wildman–Crippen LogP) is 4.25. The zero-order chi connectivity index (χ0) is 13.2. The first-order valence-electron chi connectivity index (χ1n) is 5.61. The average molecular weight is 291 g/mol. The van der Waals surface area contributed by atoms with E-state index in [0.717, 1.165) is 11.1 Å². The van der Waals surface area contributed by atoms with Crippen LogP contribution >= 0.6 is 22.7 Å². The van der Waals surface area contributed by atoms with Gasteiger partial charge in [0.05, 0.1) is 16.6 Å². The zero-order valence-corrected chi connectivity index (χ0v) is 11.7. The largest absolute Gasteiger partial charge is 0.253 e. The van der Waals surface area contributed by atoms with Crippen molar-refractivity contribution in [1.82, 2.24) is 4.98 Å². The third-order valence-electron chi connectivity index (χ3n) is 2.57. The van der Waals surface area contributed by atoms with Gasteiger partial charge in [0.1, 0.15) is 5.82 Å². The number of hydrogen-bond donors (Lipinski definition) is 1. The van der Waals surface area contributed by atoms with Gasteiger partial charge in [-0.05, 0) is 29.8 Å². The molecule has 0 aliphatic rings. The van der Waals surface area contributed by atoms with Gasteiger partial charge >= 0.3 is 0 Å². The molecule has 0 saturated carbocycles. The summed E-state index contributed by atoms with van der Waals surface area (Å²) in [7, 11) is 0. The van der Waals surface area contributed by atoms with E-state index in [4.69, 9.17) is 0 Å². The van der Waals surface area contributed by atoms with Gasteiger partial charge in [0.25, 0.3) is 0 Å². The van der Waals surface area contributed by atoms with Crippen molar-refractivity contribution in [3.05, 3.63) is 46.0 Å². The van der Waals surface area contributed by atoms with Gasteiger partial charge in [0.2, 0.25) is 5.13 Å². The number of aromatic nitrogens is 1. The third-order valence-corrected chi connectivity index (χ3v) is 4.36. The van der Waals surface area contributed by atoms with Crippen LogP contribution in [0.15, 0.2) is 34.1 Å². The second-order valence-electron chi connectivity index (χ2n) is 3.97. The lowest BCUT2D eigenvalue weighted by Gasteiger charge is -1.98. The Morgan fingerprint density at radius 1 is 1.32 bits per heavy atom. The van der Waals surface area contributed by atoms with E-state index in [9.17, 15) is 4.39 Å². The summed E-state index contributed by atoms with van der Waals surface area (Å²) in [6, 6.07) is 5.52. The molecule has 0 fully saturated rings. The fourth-order valence-corrected chi connectivity index (χ4v) is 3.16. The number of rotatable bonds is 3. The first kappa shape index (κ1) is 12.3. The molecule has 1 N–H and O–H groups in total. The second kappa shape index (κ2) is 5.07. The predicted molar refractivity (Wildman–Crippen MR) is 79.9 cm³/mol. The highest BCUT2D eigenvalue weighted by Gasteiger charge is 2.06. The molecule has 2 aromatic heterocycles. The van der Waals surface area contributed by atoms with Crippen molar-refractivity contribution in [2.24, 2.45) is 5.10 Å². The molecule has 0 spiro atoms. The SMILES string of the molecule is Cc1csc(NN=Cc2ccc3ccsc3c2F)n1. The van der Waals surface area contributed by atoms with E-state index < -0.39 is 0 Å². The summed E-state index contributed by atoms with van der Waals surface area (Å²) in [6.07, 6.45) is 1.48. The molecule has 0 bridgehead atoms.